The zero-order valence-corrected chi connectivity index (χ0v) is 11.2. The zero-order valence-electron chi connectivity index (χ0n) is 10.5. The zero-order chi connectivity index (χ0) is 13.1. The summed E-state index contributed by atoms with van der Waals surface area (Å²) >= 11 is 5.90. The van der Waals surface area contributed by atoms with E-state index in [2.05, 4.69) is 9.97 Å². The maximum absolute atomic E-state index is 11.5. The molecule has 0 bridgehead atoms. The summed E-state index contributed by atoms with van der Waals surface area (Å²) in [6.07, 6.45) is 1.50. The summed E-state index contributed by atoms with van der Waals surface area (Å²) in [4.78, 5) is 18.3. The van der Waals surface area contributed by atoms with E-state index >= 15 is 0 Å². The third kappa shape index (κ3) is 2.46. The minimum Gasteiger partial charge on any atom is -0.309 e. The molecule has 1 aromatic carbocycles. The smallest absolute Gasteiger partial charge is 0.309 e. The van der Waals surface area contributed by atoms with Gasteiger partial charge in [-0.1, -0.05) is 37.6 Å². The van der Waals surface area contributed by atoms with E-state index in [1.165, 1.54) is 0 Å². The Balaban J connectivity index is 2.68. The van der Waals surface area contributed by atoms with Gasteiger partial charge in [-0.25, -0.2) is 4.79 Å². The largest absolute Gasteiger partial charge is 0.345 e. The van der Waals surface area contributed by atoms with Gasteiger partial charge in [0.15, 0.2) is 0 Å². The number of aryl methyl sites for hydroxylation is 2. The van der Waals surface area contributed by atoms with Crippen LogP contribution < -0.4 is 5.69 Å². The number of rotatable bonds is 3. The second kappa shape index (κ2) is 5.36. The molecule has 0 aliphatic heterocycles. The third-order valence-corrected chi connectivity index (χ3v) is 3.16. The van der Waals surface area contributed by atoms with Gasteiger partial charge in [-0.15, -0.1) is 0 Å². The molecule has 3 nitrogen and oxygen atoms in total. The number of benzene rings is 1. The van der Waals surface area contributed by atoms with Crippen molar-refractivity contribution in [3.8, 4) is 11.1 Å². The van der Waals surface area contributed by atoms with E-state index in [0.717, 1.165) is 35.4 Å². The molecule has 0 amide bonds. The van der Waals surface area contributed by atoms with Crippen LogP contribution in [0.3, 0.4) is 0 Å². The summed E-state index contributed by atoms with van der Waals surface area (Å²) in [6, 6.07) is 7.60. The fourth-order valence-electron chi connectivity index (χ4n) is 2.05. The van der Waals surface area contributed by atoms with Crippen LogP contribution in [-0.4, -0.2) is 9.97 Å². The predicted octanol–water partition coefficient (Wildman–Crippen LogP) is 3.22. The molecule has 0 radical (unpaired) electrons. The van der Waals surface area contributed by atoms with Crippen LogP contribution in [0.15, 0.2) is 29.1 Å². The summed E-state index contributed by atoms with van der Waals surface area (Å²) in [7, 11) is 0. The van der Waals surface area contributed by atoms with E-state index < -0.39 is 0 Å². The maximum Gasteiger partial charge on any atom is 0.345 e. The predicted molar refractivity (Wildman–Crippen MR) is 74.1 cm³/mol. The summed E-state index contributed by atoms with van der Waals surface area (Å²) in [6.45, 7) is 4.02. The van der Waals surface area contributed by atoms with Gasteiger partial charge < -0.3 is 4.98 Å². The Morgan fingerprint density at radius 1 is 1.17 bits per heavy atom. The van der Waals surface area contributed by atoms with Crippen molar-refractivity contribution in [1.29, 1.82) is 0 Å². The van der Waals surface area contributed by atoms with E-state index in [4.69, 9.17) is 11.6 Å². The molecule has 18 heavy (non-hydrogen) atoms. The first-order valence-corrected chi connectivity index (χ1v) is 6.41. The maximum atomic E-state index is 11.5. The fourth-order valence-corrected chi connectivity index (χ4v) is 2.18. The highest BCUT2D eigenvalue weighted by Crippen LogP contribution is 2.26. The number of aromatic amines is 1. The number of H-pyrrole nitrogens is 1. The van der Waals surface area contributed by atoms with Crippen LogP contribution in [0.1, 0.15) is 25.2 Å². The van der Waals surface area contributed by atoms with Crippen molar-refractivity contribution in [3.05, 3.63) is 51.2 Å². The fraction of sp³-hybridized carbons (Fsp3) is 0.286. The van der Waals surface area contributed by atoms with Gasteiger partial charge in [-0.05, 0) is 30.5 Å². The van der Waals surface area contributed by atoms with Crippen LogP contribution in [0.5, 0.6) is 0 Å². The minimum absolute atomic E-state index is 0.276. The van der Waals surface area contributed by atoms with Gasteiger partial charge in [0, 0.05) is 16.3 Å². The normalized spacial score (nSPS) is 10.6. The molecule has 94 valence electrons. The highest BCUT2D eigenvalue weighted by molar-refractivity contribution is 6.30. The second-order valence-electron chi connectivity index (χ2n) is 4.06. The molecule has 0 spiro atoms. The number of hydrogen-bond donors (Lipinski definition) is 1. The van der Waals surface area contributed by atoms with Crippen molar-refractivity contribution in [2.75, 3.05) is 0 Å². The van der Waals surface area contributed by atoms with Crippen molar-refractivity contribution >= 4 is 11.6 Å². The van der Waals surface area contributed by atoms with Crippen molar-refractivity contribution in [3.63, 3.8) is 0 Å². The lowest BCUT2D eigenvalue weighted by Crippen LogP contribution is -2.17. The first-order valence-electron chi connectivity index (χ1n) is 6.03. The van der Waals surface area contributed by atoms with E-state index in [-0.39, 0.29) is 5.69 Å². The SMILES string of the molecule is CCc1nc(=O)[nH]c(CC)c1-c1ccc(Cl)cc1. The lowest BCUT2D eigenvalue weighted by Gasteiger charge is -2.11. The summed E-state index contributed by atoms with van der Waals surface area (Å²) in [5, 5.41) is 0.701. The standard InChI is InChI=1S/C14H15ClN2O/c1-3-11-13(9-5-7-10(15)8-6-9)12(4-2)17-14(18)16-11/h5-8H,3-4H2,1-2H3,(H,16,17,18). The molecular formula is C14H15ClN2O. The van der Waals surface area contributed by atoms with Crippen LogP contribution in [0.25, 0.3) is 11.1 Å². The molecular weight excluding hydrogens is 248 g/mol. The van der Waals surface area contributed by atoms with Gasteiger partial charge in [-0.3, -0.25) is 0 Å². The molecule has 0 saturated heterocycles. The highest BCUT2D eigenvalue weighted by atomic mass is 35.5. The van der Waals surface area contributed by atoms with Gasteiger partial charge in [0.05, 0.1) is 5.69 Å². The van der Waals surface area contributed by atoms with E-state index in [1.54, 1.807) is 0 Å². The van der Waals surface area contributed by atoms with E-state index in [1.807, 2.05) is 38.1 Å². The Hall–Kier alpha value is -1.61. The van der Waals surface area contributed by atoms with Gasteiger partial charge in [0.2, 0.25) is 0 Å². The van der Waals surface area contributed by atoms with Crippen LogP contribution in [0.4, 0.5) is 0 Å². The Morgan fingerprint density at radius 3 is 2.39 bits per heavy atom. The van der Waals surface area contributed by atoms with Crippen molar-refractivity contribution in [2.24, 2.45) is 0 Å². The lowest BCUT2D eigenvalue weighted by atomic mass is 9.99. The molecule has 2 aromatic rings. The van der Waals surface area contributed by atoms with Gasteiger partial charge in [0.1, 0.15) is 0 Å². The number of hydrogen-bond acceptors (Lipinski definition) is 2. The lowest BCUT2D eigenvalue weighted by molar-refractivity contribution is 0.904. The molecule has 0 unspecified atom stereocenters. The average Bonchev–Trinajstić information content (AvgIpc) is 2.39. The number of nitrogens with one attached hydrogen (secondary N) is 1. The average molecular weight is 263 g/mol. The van der Waals surface area contributed by atoms with Crippen LogP contribution in [0, 0.1) is 0 Å². The first-order chi connectivity index (χ1) is 8.65. The second-order valence-corrected chi connectivity index (χ2v) is 4.49. The van der Waals surface area contributed by atoms with Crippen molar-refractivity contribution in [1.82, 2.24) is 9.97 Å². The van der Waals surface area contributed by atoms with Gasteiger partial charge in [0.25, 0.3) is 0 Å². The topological polar surface area (TPSA) is 45.8 Å². The molecule has 0 aliphatic rings. The third-order valence-electron chi connectivity index (χ3n) is 2.91. The number of aromatic nitrogens is 2. The Morgan fingerprint density at radius 2 is 1.83 bits per heavy atom. The Labute approximate surface area is 111 Å². The van der Waals surface area contributed by atoms with Gasteiger partial charge in [-0.2, -0.15) is 4.98 Å². The van der Waals surface area contributed by atoms with Crippen molar-refractivity contribution < 1.29 is 0 Å². The minimum atomic E-state index is -0.276. The molecule has 1 heterocycles. The molecule has 0 aliphatic carbocycles. The Bertz CT molecular complexity index is 574. The molecule has 2 rings (SSSR count). The molecule has 0 fully saturated rings. The highest BCUT2D eigenvalue weighted by Gasteiger charge is 2.11. The number of nitrogens with zero attached hydrogens (tertiary/aromatic N) is 1. The first kappa shape index (κ1) is 12.8. The molecule has 1 N–H and O–H groups in total. The Kier molecular flexibility index (Phi) is 3.82. The van der Waals surface area contributed by atoms with Crippen LogP contribution in [-0.2, 0) is 12.8 Å². The van der Waals surface area contributed by atoms with E-state index in [0.29, 0.717) is 5.02 Å². The molecule has 4 heteroatoms. The summed E-state index contributed by atoms with van der Waals surface area (Å²) in [5.74, 6) is 0. The monoisotopic (exact) mass is 262 g/mol. The molecule has 0 atom stereocenters. The van der Waals surface area contributed by atoms with Gasteiger partial charge >= 0.3 is 5.69 Å². The van der Waals surface area contributed by atoms with Crippen LogP contribution in [0.2, 0.25) is 5.02 Å². The van der Waals surface area contributed by atoms with E-state index in [9.17, 15) is 4.79 Å². The van der Waals surface area contributed by atoms with Crippen LogP contribution >= 0.6 is 11.6 Å². The quantitative estimate of drug-likeness (QED) is 0.923. The summed E-state index contributed by atoms with van der Waals surface area (Å²) < 4.78 is 0. The molecule has 0 saturated carbocycles. The molecule has 1 aromatic heterocycles. The summed E-state index contributed by atoms with van der Waals surface area (Å²) in [5.41, 5.74) is 3.54. The number of halogens is 1. The van der Waals surface area contributed by atoms with Crippen molar-refractivity contribution in [2.45, 2.75) is 26.7 Å².